The lowest BCUT2D eigenvalue weighted by Crippen LogP contribution is -2.24. The van der Waals surface area contributed by atoms with E-state index in [2.05, 4.69) is 20.1 Å². The molecule has 0 fully saturated rings. The Morgan fingerprint density at radius 2 is 2.15 bits per heavy atom. The summed E-state index contributed by atoms with van der Waals surface area (Å²) in [5.41, 5.74) is 3.01. The molecule has 1 aliphatic rings. The highest BCUT2D eigenvalue weighted by molar-refractivity contribution is 5.94. The lowest BCUT2D eigenvalue weighted by Gasteiger charge is -2.07. The smallest absolute Gasteiger partial charge is 0.251 e. The summed E-state index contributed by atoms with van der Waals surface area (Å²) in [6.45, 7) is 5.43. The van der Waals surface area contributed by atoms with E-state index in [4.69, 9.17) is 0 Å². The SMILES string of the molecule is Cc1ccc(C(=O)NCc2nnc3n2CCC3)cc1C. The van der Waals surface area contributed by atoms with Gasteiger partial charge in [0, 0.05) is 18.5 Å². The van der Waals surface area contributed by atoms with E-state index in [0.29, 0.717) is 12.1 Å². The normalized spacial score (nSPS) is 13.3. The van der Waals surface area contributed by atoms with Crippen molar-refractivity contribution in [1.82, 2.24) is 20.1 Å². The Balaban J connectivity index is 1.68. The standard InChI is InChI=1S/C15H18N4O/c1-10-5-6-12(8-11(10)2)15(20)16-9-14-18-17-13-4-3-7-19(13)14/h5-6,8H,3-4,7,9H2,1-2H3,(H,16,20). The topological polar surface area (TPSA) is 59.8 Å². The van der Waals surface area contributed by atoms with Crippen molar-refractivity contribution in [2.45, 2.75) is 39.8 Å². The second-order valence-electron chi connectivity index (χ2n) is 5.27. The molecular formula is C15H18N4O. The third-order valence-electron chi connectivity index (χ3n) is 3.86. The van der Waals surface area contributed by atoms with Crippen LogP contribution in [0.25, 0.3) is 0 Å². The van der Waals surface area contributed by atoms with Crippen LogP contribution in [0.2, 0.25) is 0 Å². The first kappa shape index (κ1) is 12.8. The first-order valence-corrected chi connectivity index (χ1v) is 6.91. The van der Waals surface area contributed by atoms with E-state index in [9.17, 15) is 4.79 Å². The number of fused-ring (bicyclic) bond motifs is 1. The molecule has 2 aromatic rings. The van der Waals surface area contributed by atoms with E-state index in [0.717, 1.165) is 36.6 Å². The van der Waals surface area contributed by atoms with E-state index in [-0.39, 0.29) is 5.91 Å². The van der Waals surface area contributed by atoms with Crippen LogP contribution in [0.4, 0.5) is 0 Å². The lowest BCUT2D eigenvalue weighted by atomic mass is 10.1. The number of amides is 1. The first-order valence-electron chi connectivity index (χ1n) is 6.91. The fourth-order valence-electron chi connectivity index (χ4n) is 2.49. The number of nitrogens with zero attached hydrogens (tertiary/aromatic N) is 3. The number of benzene rings is 1. The van der Waals surface area contributed by atoms with Gasteiger partial charge in [0.2, 0.25) is 0 Å². The van der Waals surface area contributed by atoms with Gasteiger partial charge in [-0.2, -0.15) is 0 Å². The van der Waals surface area contributed by atoms with Gasteiger partial charge in [-0.05, 0) is 43.5 Å². The van der Waals surface area contributed by atoms with Gasteiger partial charge in [-0.3, -0.25) is 4.79 Å². The third kappa shape index (κ3) is 2.31. The summed E-state index contributed by atoms with van der Waals surface area (Å²) in [5, 5.41) is 11.2. The molecule has 3 rings (SSSR count). The average molecular weight is 270 g/mol. The minimum Gasteiger partial charge on any atom is -0.345 e. The third-order valence-corrected chi connectivity index (χ3v) is 3.86. The summed E-state index contributed by atoms with van der Waals surface area (Å²) in [7, 11) is 0. The van der Waals surface area contributed by atoms with Gasteiger partial charge in [0.15, 0.2) is 5.82 Å². The molecule has 5 heteroatoms. The highest BCUT2D eigenvalue weighted by Crippen LogP contribution is 2.14. The van der Waals surface area contributed by atoms with Crippen molar-refractivity contribution in [3.05, 3.63) is 46.5 Å². The van der Waals surface area contributed by atoms with Crippen molar-refractivity contribution in [3.8, 4) is 0 Å². The zero-order chi connectivity index (χ0) is 14.1. The maximum Gasteiger partial charge on any atom is 0.251 e. The van der Waals surface area contributed by atoms with Crippen molar-refractivity contribution in [3.63, 3.8) is 0 Å². The average Bonchev–Trinajstić information content (AvgIpc) is 3.02. The molecule has 0 unspecified atom stereocenters. The quantitative estimate of drug-likeness (QED) is 0.924. The first-order chi connectivity index (χ1) is 9.65. The number of rotatable bonds is 3. The molecule has 0 saturated heterocycles. The molecule has 1 amide bonds. The molecule has 0 spiro atoms. The van der Waals surface area contributed by atoms with Gasteiger partial charge in [0.1, 0.15) is 5.82 Å². The molecule has 1 aromatic carbocycles. The highest BCUT2D eigenvalue weighted by atomic mass is 16.1. The predicted molar refractivity (Wildman–Crippen MR) is 75.4 cm³/mol. The number of hydrogen-bond acceptors (Lipinski definition) is 3. The van der Waals surface area contributed by atoms with Crippen LogP contribution in [0, 0.1) is 13.8 Å². The van der Waals surface area contributed by atoms with Crippen molar-refractivity contribution < 1.29 is 4.79 Å². The molecule has 5 nitrogen and oxygen atoms in total. The summed E-state index contributed by atoms with van der Waals surface area (Å²) in [4.78, 5) is 12.1. The number of nitrogens with one attached hydrogen (secondary N) is 1. The zero-order valence-electron chi connectivity index (χ0n) is 11.8. The number of carbonyl (C=O) groups is 1. The molecule has 20 heavy (non-hydrogen) atoms. The van der Waals surface area contributed by atoms with Crippen LogP contribution in [-0.4, -0.2) is 20.7 Å². The van der Waals surface area contributed by atoms with Crippen LogP contribution in [-0.2, 0) is 19.5 Å². The molecule has 104 valence electrons. The summed E-state index contributed by atoms with van der Waals surface area (Å²) in [5.74, 6) is 1.80. The van der Waals surface area contributed by atoms with Gasteiger partial charge in [-0.15, -0.1) is 10.2 Å². The molecular weight excluding hydrogens is 252 g/mol. The molecule has 0 atom stereocenters. The molecule has 0 radical (unpaired) electrons. The van der Waals surface area contributed by atoms with E-state index >= 15 is 0 Å². The maximum atomic E-state index is 12.1. The van der Waals surface area contributed by atoms with Crippen LogP contribution in [0.3, 0.4) is 0 Å². The van der Waals surface area contributed by atoms with Crippen LogP contribution in [0.15, 0.2) is 18.2 Å². The molecule has 0 aliphatic carbocycles. The van der Waals surface area contributed by atoms with Gasteiger partial charge in [0.05, 0.1) is 6.54 Å². The maximum absolute atomic E-state index is 12.1. The highest BCUT2D eigenvalue weighted by Gasteiger charge is 2.17. The van der Waals surface area contributed by atoms with Crippen LogP contribution in [0.1, 0.15) is 39.6 Å². The van der Waals surface area contributed by atoms with Crippen molar-refractivity contribution in [2.75, 3.05) is 0 Å². The van der Waals surface area contributed by atoms with Crippen LogP contribution in [0.5, 0.6) is 0 Å². The molecule has 1 aliphatic heterocycles. The summed E-state index contributed by atoms with van der Waals surface area (Å²) in [6.07, 6.45) is 2.10. The minimum absolute atomic E-state index is 0.0663. The molecule has 1 N–H and O–H groups in total. The fourth-order valence-corrected chi connectivity index (χ4v) is 2.49. The van der Waals surface area contributed by atoms with E-state index in [1.54, 1.807) is 0 Å². The second-order valence-corrected chi connectivity index (χ2v) is 5.27. The van der Waals surface area contributed by atoms with Crippen molar-refractivity contribution in [1.29, 1.82) is 0 Å². The Morgan fingerprint density at radius 3 is 2.95 bits per heavy atom. The van der Waals surface area contributed by atoms with Gasteiger partial charge in [-0.25, -0.2) is 0 Å². The second kappa shape index (κ2) is 5.07. The fraction of sp³-hybridized carbons (Fsp3) is 0.400. The molecule has 1 aromatic heterocycles. The van der Waals surface area contributed by atoms with Gasteiger partial charge in [-0.1, -0.05) is 6.07 Å². The van der Waals surface area contributed by atoms with E-state index < -0.39 is 0 Å². The largest absolute Gasteiger partial charge is 0.345 e. The van der Waals surface area contributed by atoms with Crippen molar-refractivity contribution >= 4 is 5.91 Å². The predicted octanol–water partition coefficient (Wildman–Crippen LogP) is 1.77. The van der Waals surface area contributed by atoms with Crippen molar-refractivity contribution in [2.24, 2.45) is 0 Å². The van der Waals surface area contributed by atoms with Crippen LogP contribution < -0.4 is 5.32 Å². The number of carbonyl (C=O) groups excluding carboxylic acids is 1. The Kier molecular flexibility index (Phi) is 3.26. The van der Waals surface area contributed by atoms with Gasteiger partial charge in [0.25, 0.3) is 5.91 Å². The number of aromatic nitrogens is 3. The summed E-state index contributed by atoms with van der Waals surface area (Å²) >= 11 is 0. The Morgan fingerprint density at radius 1 is 1.30 bits per heavy atom. The number of aryl methyl sites for hydroxylation is 3. The molecule has 0 saturated carbocycles. The monoisotopic (exact) mass is 270 g/mol. The zero-order valence-corrected chi connectivity index (χ0v) is 11.8. The lowest BCUT2D eigenvalue weighted by molar-refractivity contribution is 0.0949. The Labute approximate surface area is 118 Å². The van der Waals surface area contributed by atoms with Gasteiger partial charge >= 0.3 is 0 Å². The van der Waals surface area contributed by atoms with E-state index in [1.165, 1.54) is 5.56 Å². The molecule has 0 bridgehead atoms. The Hall–Kier alpha value is -2.17. The molecule has 2 heterocycles. The summed E-state index contributed by atoms with van der Waals surface area (Å²) in [6, 6.07) is 5.74. The summed E-state index contributed by atoms with van der Waals surface area (Å²) < 4.78 is 2.10. The van der Waals surface area contributed by atoms with Crippen LogP contribution >= 0.6 is 0 Å². The van der Waals surface area contributed by atoms with E-state index in [1.807, 2.05) is 32.0 Å². The Bertz CT molecular complexity index is 660. The minimum atomic E-state index is -0.0663. The van der Waals surface area contributed by atoms with Gasteiger partial charge < -0.3 is 9.88 Å². The number of hydrogen-bond donors (Lipinski definition) is 1.